The molecule has 0 aliphatic carbocycles. The average Bonchev–Trinajstić information content (AvgIpc) is 2.77. The van der Waals surface area contributed by atoms with Crippen molar-refractivity contribution in [3.63, 3.8) is 0 Å². The number of rotatable bonds is 9. The van der Waals surface area contributed by atoms with E-state index in [-0.39, 0.29) is 17.5 Å². The summed E-state index contributed by atoms with van der Waals surface area (Å²) in [6, 6.07) is 10.8. The molecular formula is C23H31NO4S2. The summed E-state index contributed by atoms with van der Waals surface area (Å²) in [6.45, 7) is 4.37. The third kappa shape index (κ3) is 4.63. The van der Waals surface area contributed by atoms with Gasteiger partial charge in [-0.3, -0.25) is 4.31 Å². The van der Waals surface area contributed by atoms with Crippen LogP contribution in [0.1, 0.15) is 43.4 Å². The Hall–Kier alpha value is -1.70. The van der Waals surface area contributed by atoms with Crippen LogP contribution in [0, 0.1) is 0 Å². The van der Waals surface area contributed by atoms with E-state index in [0.717, 1.165) is 42.7 Å². The summed E-state index contributed by atoms with van der Waals surface area (Å²) in [5.41, 5.74) is 3.57. The lowest BCUT2D eigenvalue weighted by atomic mass is 9.94. The Bertz CT molecular complexity index is 975. The van der Waals surface area contributed by atoms with Gasteiger partial charge in [0.25, 0.3) is 10.0 Å². The van der Waals surface area contributed by atoms with Gasteiger partial charge in [0.2, 0.25) is 0 Å². The largest absolute Gasteiger partial charge is 0.492 e. The van der Waals surface area contributed by atoms with Crippen LogP contribution in [-0.2, 0) is 29.5 Å². The third-order valence-electron chi connectivity index (χ3n) is 5.64. The summed E-state index contributed by atoms with van der Waals surface area (Å²) >= 11 is 1.67. The molecule has 5 nitrogen and oxygen atoms in total. The SMILES string of the molecule is CCc1ccc2c(c1)CCC(CC)N2S(=O)(=O)c1ccc(OCCSC)c(CO)c1. The molecule has 0 saturated carbocycles. The van der Waals surface area contributed by atoms with Crippen molar-refractivity contribution < 1.29 is 18.3 Å². The second-order valence-corrected chi connectivity index (χ2v) is 10.3. The minimum absolute atomic E-state index is 0.0786. The Balaban J connectivity index is 2.01. The fraction of sp³-hybridized carbons (Fsp3) is 0.478. The standard InChI is InChI=1S/C23H31NO4S2/c1-4-17-6-10-22-18(14-17)7-8-20(5-2)24(22)30(26,27)21-9-11-23(19(15-21)16-25)28-12-13-29-3/h6,9-11,14-15,20,25H,4-5,7-8,12-13,16H2,1-3H3. The fourth-order valence-electron chi connectivity index (χ4n) is 3.93. The van der Waals surface area contributed by atoms with E-state index in [2.05, 4.69) is 13.0 Å². The van der Waals surface area contributed by atoms with Crippen LogP contribution >= 0.6 is 11.8 Å². The summed E-state index contributed by atoms with van der Waals surface area (Å²) in [5.74, 6) is 1.36. The van der Waals surface area contributed by atoms with E-state index >= 15 is 0 Å². The molecule has 3 rings (SSSR count). The number of anilines is 1. The van der Waals surface area contributed by atoms with Crippen molar-refractivity contribution in [2.75, 3.05) is 22.9 Å². The molecule has 0 fully saturated rings. The van der Waals surface area contributed by atoms with Gasteiger partial charge in [0.05, 0.1) is 23.8 Å². The summed E-state index contributed by atoms with van der Waals surface area (Å²) in [6.07, 6.45) is 5.36. The molecule has 1 aliphatic rings. The van der Waals surface area contributed by atoms with Gasteiger partial charge < -0.3 is 9.84 Å². The lowest BCUT2D eigenvalue weighted by Gasteiger charge is -2.37. The fourth-order valence-corrected chi connectivity index (χ4v) is 6.03. The number of hydrogen-bond acceptors (Lipinski definition) is 5. The van der Waals surface area contributed by atoms with Crippen molar-refractivity contribution in [1.29, 1.82) is 0 Å². The summed E-state index contributed by atoms with van der Waals surface area (Å²) in [5, 5.41) is 9.80. The minimum Gasteiger partial charge on any atom is -0.492 e. The van der Waals surface area contributed by atoms with E-state index in [1.165, 1.54) is 5.56 Å². The lowest BCUT2D eigenvalue weighted by Crippen LogP contribution is -2.43. The molecule has 0 radical (unpaired) electrons. The molecule has 0 aromatic heterocycles. The molecule has 1 atom stereocenters. The van der Waals surface area contributed by atoms with E-state index in [1.54, 1.807) is 34.3 Å². The number of nitrogens with zero attached hydrogens (tertiary/aromatic N) is 1. The first-order valence-corrected chi connectivity index (χ1v) is 13.3. The van der Waals surface area contributed by atoms with Crippen LogP contribution in [0.2, 0.25) is 0 Å². The quantitative estimate of drug-likeness (QED) is 0.575. The average molecular weight is 450 g/mol. The Kier molecular flexibility index (Phi) is 7.71. The topological polar surface area (TPSA) is 66.8 Å². The summed E-state index contributed by atoms with van der Waals surface area (Å²) < 4.78 is 34.7. The van der Waals surface area contributed by atoms with Crippen LogP contribution in [0.15, 0.2) is 41.3 Å². The zero-order chi connectivity index (χ0) is 21.7. The molecule has 0 saturated heterocycles. The molecular weight excluding hydrogens is 418 g/mol. The van der Waals surface area contributed by atoms with Gasteiger partial charge in [-0.15, -0.1) is 0 Å². The molecule has 1 N–H and O–H groups in total. The molecule has 0 amide bonds. The van der Waals surface area contributed by atoms with Gasteiger partial charge in [0.1, 0.15) is 5.75 Å². The Morgan fingerprint density at radius 1 is 1.20 bits per heavy atom. The van der Waals surface area contributed by atoms with Gasteiger partial charge >= 0.3 is 0 Å². The normalized spacial score (nSPS) is 16.4. The number of fused-ring (bicyclic) bond motifs is 1. The van der Waals surface area contributed by atoms with Crippen molar-refractivity contribution in [3.05, 3.63) is 53.1 Å². The van der Waals surface area contributed by atoms with E-state index in [4.69, 9.17) is 4.74 Å². The van der Waals surface area contributed by atoms with Gasteiger partial charge in [-0.2, -0.15) is 11.8 Å². The highest BCUT2D eigenvalue weighted by Gasteiger charge is 2.35. The highest BCUT2D eigenvalue weighted by molar-refractivity contribution is 7.98. The molecule has 0 bridgehead atoms. The number of aryl methyl sites for hydroxylation is 2. The number of thioether (sulfide) groups is 1. The van der Waals surface area contributed by atoms with Crippen molar-refractivity contribution in [3.8, 4) is 5.75 Å². The highest BCUT2D eigenvalue weighted by atomic mass is 32.2. The maximum atomic E-state index is 13.7. The van der Waals surface area contributed by atoms with Gasteiger partial charge in [0, 0.05) is 17.4 Å². The van der Waals surface area contributed by atoms with Crippen molar-refractivity contribution >= 4 is 27.5 Å². The first-order valence-electron chi connectivity index (χ1n) is 10.5. The van der Waals surface area contributed by atoms with Gasteiger partial charge in [-0.1, -0.05) is 26.0 Å². The smallest absolute Gasteiger partial charge is 0.264 e. The van der Waals surface area contributed by atoms with Crippen LogP contribution in [-0.4, -0.2) is 38.2 Å². The number of aliphatic hydroxyl groups excluding tert-OH is 1. The van der Waals surface area contributed by atoms with E-state index < -0.39 is 10.0 Å². The zero-order valence-corrected chi connectivity index (χ0v) is 19.6. The van der Waals surface area contributed by atoms with Crippen LogP contribution in [0.4, 0.5) is 5.69 Å². The molecule has 30 heavy (non-hydrogen) atoms. The van der Waals surface area contributed by atoms with E-state index in [9.17, 15) is 13.5 Å². The van der Waals surface area contributed by atoms with Gasteiger partial charge in [-0.05, 0) is 67.3 Å². The van der Waals surface area contributed by atoms with Crippen LogP contribution < -0.4 is 9.04 Å². The van der Waals surface area contributed by atoms with Crippen LogP contribution in [0.5, 0.6) is 5.75 Å². The summed E-state index contributed by atoms with van der Waals surface area (Å²) in [7, 11) is -3.77. The van der Waals surface area contributed by atoms with Crippen molar-refractivity contribution in [2.24, 2.45) is 0 Å². The third-order valence-corrected chi connectivity index (χ3v) is 8.08. The molecule has 164 valence electrons. The molecule has 1 aliphatic heterocycles. The second kappa shape index (κ2) is 10.1. The van der Waals surface area contributed by atoms with Gasteiger partial charge in [-0.25, -0.2) is 8.42 Å². The Morgan fingerprint density at radius 3 is 2.67 bits per heavy atom. The molecule has 0 spiro atoms. The second-order valence-electron chi connectivity index (χ2n) is 7.49. The maximum absolute atomic E-state index is 13.7. The zero-order valence-electron chi connectivity index (χ0n) is 17.9. The number of sulfonamides is 1. The summed E-state index contributed by atoms with van der Waals surface area (Å²) in [4.78, 5) is 0.189. The number of aliphatic hydroxyl groups is 1. The molecule has 2 aromatic rings. The predicted molar refractivity (Wildman–Crippen MR) is 124 cm³/mol. The van der Waals surface area contributed by atoms with Crippen LogP contribution in [0.3, 0.4) is 0 Å². The highest BCUT2D eigenvalue weighted by Crippen LogP contribution is 2.38. The number of ether oxygens (including phenoxy) is 1. The Morgan fingerprint density at radius 2 is 2.00 bits per heavy atom. The van der Waals surface area contributed by atoms with E-state index in [1.807, 2.05) is 25.3 Å². The first kappa shape index (κ1) is 23.0. The minimum atomic E-state index is -3.77. The van der Waals surface area contributed by atoms with Crippen molar-refractivity contribution in [1.82, 2.24) is 0 Å². The van der Waals surface area contributed by atoms with Crippen LogP contribution in [0.25, 0.3) is 0 Å². The monoisotopic (exact) mass is 449 g/mol. The maximum Gasteiger partial charge on any atom is 0.264 e. The first-order chi connectivity index (χ1) is 14.5. The van der Waals surface area contributed by atoms with Crippen molar-refractivity contribution in [2.45, 2.75) is 57.1 Å². The van der Waals surface area contributed by atoms with E-state index in [0.29, 0.717) is 17.9 Å². The Labute approximate surface area is 184 Å². The predicted octanol–water partition coefficient (Wildman–Crippen LogP) is 4.40. The number of benzene rings is 2. The molecule has 7 heteroatoms. The molecule has 1 heterocycles. The number of hydrogen-bond donors (Lipinski definition) is 1. The molecule has 2 aromatic carbocycles. The molecule has 1 unspecified atom stereocenters. The lowest BCUT2D eigenvalue weighted by molar-refractivity contribution is 0.267. The van der Waals surface area contributed by atoms with Gasteiger partial charge in [0.15, 0.2) is 0 Å².